The van der Waals surface area contributed by atoms with Crippen molar-refractivity contribution in [2.45, 2.75) is 26.2 Å². The van der Waals surface area contributed by atoms with Crippen LogP contribution in [-0.4, -0.2) is 17.6 Å². The van der Waals surface area contributed by atoms with Gasteiger partial charge < -0.3 is 16.3 Å². The fourth-order valence-electron chi connectivity index (χ4n) is 2.12. The molecule has 1 aliphatic carbocycles. The summed E-state index contributed by atoms with van der Waals surface area (Å²) in [4.78, 5) is 0. The van der Waals surface area contributed by atoms with Crippen LogP contribution in [-0.2, 0) is 0 Å². The molecule has 1 aliphatic rings. The summed E-state index contributed by atoms with van der Waals surface area (Å²) in [5.41, 5.74) is 7.45. The fraction of sp³-hybridized carbons (Fsp3) is 0.462. The van der Waals surface area contributed by atoms with E-state index < -0.39 is 0 Å². The van der Waals surface area contributed by atoms with Gasteiger partial charge in [0.1, 0.15) is 11.7 Å². The molecule has 1 saturated carbocycles. The molecule has 0 saturated heterocycles. The minimum absolute atomic E-state index is 0.0944. The van der Waals surface area contributed by atoms with Crippen molar-refractivity contribution in [2.24, 2.45) is 16.3 Å². The number of hydrogen-bond acceptors (Lipinski definition) is 3. The maximum Gasteiger partial charge on any atom is 0.139 e. The van der Waals surface area contributed by atoms with Crippen molar-refractivity contribution in [3.8, 4) is 0 Å². The van der Waals surface area contributed by atoms with Crippen molar-refractivity contribution >= 4 is 11.5 Å². The molecular formula is C13H18FN3O. The molecule has 18 heavy (non-hydrogen) atoms. The summed E-state index contributed by atoms with van der Waals surface area (Å²) < 4.78 is 13.0. The Kier molecular flexibility index (Phi) is 3.41. The minimum atomic E-state index is -0.226. The van der Waals surface area contributed by atoms with Gasteiger partial charge in [0.05, 0.1) is 0 Å². The number of halogens is 1. The van der Waals surface area contributed by atoms with E-state index >= 15 is 0 Å². The van der Waals surface area contributed by atoms with E-state index in [0.29, 0.717) is 6.42 Å². The summed E-state index contributed by atoms with van der Waals surface area (Å²) in [6.07, 6.45) is 2.73. The second kappa shape index (κ2) is 4.84. The first-order chi connectivity index (χ1) is 8.54. The molecule has 4 N–H and O–H groups in total. The highest BCUT2D eigenvalue weighted by Crippen LogP contribution is 2.48. The molecule has 1 aromatic carbocycles. The second-order valence-corrected chi connectivity index (χ2v) is 5.08. The third-order valence-electron chi connectivity index (χ3n) is 3.48. The van der Waals surface area contributed by atoms with E-state index in [0.717, 1.165) is 30.6 Å². The zero-order valence-corrected chi connectivity index (χ0v) is 10.4. The lowest BCUT2D eigenvalue weighted by molar-refractivity contribution is 0.315. The number of hydrogen-bond donors (Lipinski definition) is 3. The first kappa shape index (κ1) is 12.7. The molecule has 0 heterocycles. The molecule has 0 bridgehead atoms. The largest absolute Gasteiger partial charge is 0.409 e. The highest BCUT2D eigenvalue weighted by Gasteiger charge is 2.43. The number of rotatable bonds is 5. The Bertz CT molecular complexity index is 469. The smallest absolute Gasteiger partial charge is 0.139 e. The first-order valence-corrected chi connectivity index (χ1v) is 6.01. The summed E-state index contributed by atoms with van der Waals surface area (Å²) in [6, 6.07) is 4.69. The average molecular weight is 251 g/mol. The van der Waals surface area contributed by atoms with Crippen molar-refractivity contribution < 1.29 is 9.60 Å². The minimum Gasteiger partial charge on any atom is -0.409 e. The van der Waals surface area contributed by atoms with E-state index in [1.165, 1.54) is 12.1 Å². The van der Waals surface area contributed by atoms with Crippen molar-refractivity contribution in [3.63, 3.8) is 0 Å². The molecule has 0 atom stereocenters. The zero-order chi connectivity index (χ0) is 13.2. The summed E-state index contributed by atoms with van der Waals surface area (Å²) >= 11 is 0. The maximum atomic E-state index is 13.0. The molecule has 1 fully saturated rings. The monoisotopic (exact) mass is 251 g/mol. The predicted octanol–water partition coefficient (Wildman–Crippen LogP) is 2.46. The van der Waals surface area contributed by atoms with Gasteiger partial charge in [0.25, 0.3) is 0 Å². The van der Waals surface area contributed by atoms with Gasteiger partial charge >= 0.3 is 0 Å². The van der Waals surface area contributed by atoms with Crippen LogP contribution < -0.4 is 11.1 Å². The summed E-state index contributed by atoms with van der Waals surface area (Å²) in [5.74, 6) is 0.0426. The van der Waals surface area contributed by atoms with Gasteiger partial charge in [-0.05, 0) is 48.9 Å². The fourth-order valence-corrected chi connectivity index (χ4v) is 2.12. The number of amidine groups is 1. The summed E-state index contributed by atoms with van der Waals surface area (Å²) in [5, 5.41) is 14.9. The van der Waals surface area contributed by atoms with Crippen LogP contribution in [0.1, 0.15) is 24.8 Å². The predicted molar refractivity (Wildman–Crippen MR) is 69.3 cm³/mol. The van der Waals surface area contributed by atoms with Crippen molar-refractivity contribution in [1.29, 1.82) is 0 Å². The highest BCUT2D eigenvalue weighted by molar-refractivity contribution is 5.80. The van der Waals surface area contributed by atoms with Gasteiger partial charge in [0.2, 0.25) is 0 Å². The number of nitrogens with zero attached hydrogens (tertiary/aromatic N) is 1. The third kappa shape index (κ3) is 2.91. The molecule has 5 heteroatoms. The van der Waals surface area contributed by atoms with Crippen LogP contribution in [0.3, 0.4) is 0 Å². The van der Waals surface area contributed by atoms with Crippen LogP contribution in [0, 0.1) is 18.2 Å². The number of aryl methyl sites for hydroxylation is 1. The quantitative estimate of drug-likeness (QED) is 0.326. The molecular weight excluding hydrogens is 233 g/mol. The second-order valence-electron chi connectivity index (χ2n) is 5.08. The Balaban J connectivity index is 1.95. The molecule has 4 nitrogen and oxygen atoms in total. The van der Waals surface area contributed by atoms with Gasteiger partial charge in [0.15, 0.2) is 0 Å². The number of nitrogens with one attached hydrogen (secondary N) is 1. The zero-order valence-electron chi connectivity index (χ0n) is 10.4. The molecule has 0 aliphatic heterocycles. The van der Waals surface area contributed by atoms with Gasteiger partial charge in [-0.25, -0.2) is 4.39 Å². The lowest BCUT2D eigenvalue weighted by Gasteiger charge is -2.17. The summed E-state index contributed by atoms with van der Waals surface area (Å²) in [6.45, 7) is 2.63. The van der Waals surface area contributed by atoms with Gasteiger partial charge in [-0.1, -0.05) is 5.16 Å². The molecule has 0 radical (unpaired) electrons. The normalized spacial score (nSPS) is 17.6. The average Bonchev–Trinajstić information content (AvgIpc) is 3.08. The van der Waals surface area contributed by atoms with Crippen molar-refractivity contribution in [3.05, 3.63) is 29.6 Å². The van der Waals surface area contributed by atoms with E-state index in [4.69, 9.17) is 10.9 Å². The maximum absolute atomic E-state index is 13.0. The molecule has 0 unspecified atom stereocenters. The molecule has 0 spiro atoms. The van der Waals surface area contributed by atoms with E-state index in [9.17, 15) is 4.39 Å². The van der Waals surface area contributed by atoms with Crippen LogP contribution in [0.2, 0.25) is 0 Å². The Hall–Kier alpha value is -1.78. The Morgan fingerprint density at radius 1 is 1.56 bits per heavy atom. The number of oxime groups is 1. The van der Waals surface area contributed by atoms with Crippen LogP contribution in [0.25, 0.3) is 0 Å². The van der Waals surface area contributed by atoms with Crippen LogP contribution in [0.4, 0.5) is 10.1 Å². The lowest BCUT2D eigenvalue weighted by atomic mass is 10.0. The van der Waals surface area contributed by atoms with E-state index in [1.54, 1.807) is 6.07 Å². The van der Waals surface area contributed by atoms with E-state index in [2.05, 4.69) is 10.5 Å². The van der Waals surface area contributed by atoms with E-state index in [-0.39, 0.29) is 17.1 Å². The van der Waals surface area contributed by atoms with Gasteiger partial charge in [-0.15, -0.1) is 0 Å². The van der Waals surface area contributed by atoms with Crippen LogP contribution in [0.15, 0.2) is 23.4 Å². The Morgan fingerprint density at radius 3 is 2.83 bits per heavy atom. The Morgan fingerprint density at radius 2 is 2.28 bits per heavy atom. The molecule has 2 rings (SSSR count). The first-order valence-electron chi connectivity index (χ1n) is 6.01. The highest BCUT2D eigenvalue weighted by atomic mass is 19.1. The summed E-state index contributed by atoms with van der Waals surface area (Å²) in [7, 11) is 0. The molecule has 0 aromatic heterocycles. The Labute approximate surface area is 106 Å². The van der Waals surface area contributed by atoms with Crippen molar-refractivity contribution in [1.82, 2.24) is 0 Å². The molecule has 1 aromatic rings. The third-order valence-corrected chi connectivity index (χ3v) is 3.48. The SMILES string of the molecule is Cc1cc(F)ccc1NCC1(CC(N)=NO)CC1. The number of benzene rings is 1. The van der Waals surface area contributed by atoms with Crippen LogP contribution in [0.5, 0.6) is 0 Å². The lowest BCUT2D eigenvalue weighted by Crippen LogP contribution is -2.23. The van der Waals surface area contributed by atoms with Gasteiger partial charge in [-0.2, -0.15) is 0 Å². The van der Waals surface area contributed by atoms with Crippen molar-refractivity contribution in [2.75, 3.05) is 11.9 Å². The molecule has 0 amide bonds. The number of anilines is 1. The molecule has 98 valence electrons. The van der Waals surface area contributed by atoms with Crippen LogP contribution >= 0.6 is 0 Å². The van der Waals surface area contributed by atoms with Gasteiger partial charge in [-0.3, -0.25) is 0 Å². The topological polar surface area (TPSA) is 70.6 Å². The van der Waals surface area contributed by atoms with E-state index in [1.807, 2.05) is 6.92 Å². The standard InChI is InChI=1S/C13H18FN3O/c1-9-6-10(14)2-3-11(9)16-8-13(4-5-13)7-12(15)17-18/h2-3,6,16,18H,4-5,7-8H2,1H3,(H2,15,17). The number of nitrogens with two attached hydrogens (primary N) is 1. The van der Waals surface area contributed by atoms with Gasteiger partial charge in [0, 0.05) is 18.7 Å².